The number of sulfonamides is 1. The van der Waals surface area contributed by atoms with Crippen LogP contribution in [0.1, 0.15) is 41.8 Å². The zero-order valence-corrected chi connectivity index (χ0v) is 16.1. The summed E-state index contributed by atoms with van der Waals surface area (Å²) in [5.74, 6) is 0.508. The van der Waals surface area contributed by atoms with Crippen LogP contribution in [0.25, 0.3) is 0 Å². The van der Waals surface area contributed by atoms with E-state index >= 15 is 0 Å². The molecule has 1 fully saturated rings. The molecule has 1 amide bonds. The molecule has 1 aliphatic rings. The molecule has 0 saturated carbocycles. The topological polar surface area (TPSA) is 88.9 Å². The van der Waals surface area contributed by atoms with Crippen LogP contribution < -0.4 is 10.1 Å². The van der Waals surface area contributed by atoms with Gasteiger partial charge in [-0.1, -0.05) is 12.8 Å². The zero-order valence-electron chi connectivity index (χ0n) is 15.3. The van der Waals surface area contributed by atoms with Gasteiger partial charge in [-0.2, -0.15) is 4.31 Å². The van der Waals surface area contributed by atoms with Crippen molar-refractivity contribution in [3.63, 3.8) is 0 Å². The standard InChI is InChI=1S/C19H24N2O5S/c1-25-18-9-8-16(27(23,24)21-10-4-2-3-5-11-21)13-17(18)19(22)20-14-15-7-6-12-26-15/h6-9,12-13H,2-5,10-11,14H2,1H3,(H,20,22). The fourth-order valence-electron chi connectivity index (χ4n) is 3.13. The van der Waals surface area contributed by atoms with Crippen LogP contribution in [0.2, 0.25) is 0 Å². The Morgan fingerprint density at radius 1 is 1.19 bits per heavy atom. The van der Waals surface area contributed by atoms with E-state index in [0.717, 1.165) is 25.7 Å². The van der Waals surface area contributed by atoms with Gasteiger partial charge < -0.3 is 14.5 Å². The maximum atomic E-state index is 13.0. The quantitative estimate of drug-likeness (QED) is 0.817. The highest BCUT2D eigenvalue weighted by molar-refractivity contribution is 7.89. The van der Waals surface area contributed by atoms with Gasteiger partial charge in [-0.15, -0.1) is 0 Å². The van der Waals surface area contributed by atoms with Gasteiger partial charge in [0.2, 0.25) is 10.0 Å². The van der Waals surface area contributed by atoms with Crippen molar-refractivity contribution >= 4 is 15.9 Å². The van der Waals surface area contributed by atoms with E-state index < -0.39 is 15.9 Å². The summed E-state index contributed by atoms with van der Waals surface area (Å²) in [5, 5.41) is 2.72. The normalized spacial score (nSPS) is 15.9. The summed E-state index contributed by atoms with van der Waals surface area (Å²) in [6.45, 7) is 1.22. The Morgan fingerprint density at radius 3 is 2.56 bits per heavy atom. The highest BCUT2D eigenvalue weighted by Crippen LogP contribution is 2.26. The third-order valence-electron chi connectivity index (χ3n) is 4.62. The molecule has 2 heterocycles. The van der Waals surface area contributed by atoms with Crippen LogP contribution in [0.5, 0.6) is 5.75 Å². The van der Waals surface area contributed by atoms with Crippen molar-refractivity contribution in [1.82, 2.24) is 9.62 Å². The molecule has 1 saturated heterocycles. The first kappa shape index (κ1) is 19.4. The molecular formula is C19H24N2O5S. The number of hydrogen-bond acceptors (Lipinski definition) is 5. The smallest absolute Gasteiger partial charge is 0.255 e. The Bertz CT molecular complexity index is 870. The highest BCUT2D eigenvalue weighted by atomic mass is 32.2. The molecule has 27 heavy (non-hydrogen) atoms. The number of carbonyl (C=O) groups excluding carboxylic acids is 1. The fraction of sp³-hybridized carbons (Fsp3) is 0.421. The van der Waals surface area contributed by atoms with E-state index in [4.69, 9.17) is 9.15 Å². The lowest BCUT2D eigenvalue weighted by Crippen LogP contribution is -2.32. The number of rotatable bonds is 6. The summed E-state index contributed by atoms with van der Waals surface area (Å²) in [4.78, 5) is 12.7. The number of hydrogen-bond donors (Lipinski definition) is 1. The van der Waals surface area contributed by atoms with Crippen molar-refractivity contribution in [2.24, 2.45) is 0 Å². The highest BCUT2D eigenvalue weighted by Gasteiger charge is 2.27. The largest absolute Gasteiger partial charge is 0.496 e. The van der Waals surface area contributed by atoms with Gasteiger partial charge >= 0.3 is 0 Å². The first-order valence-electron chi connectivity index (χ1n) is 9.01. The minimum atomic E-state index is -3.65. The molecule has 0 unspecified atom stereocenters. The van der Waals surface area contributed by atoms with Gasteiger partial charge in [0.25, 0.3) is 5.91 Å². The molecule has 0 aliphatic carbocycles. The number of furan rings is 1. The third kappa shape index (κ3) is 4.51. The summed E-state index contributed by atoms with van der Waals surface area (Å²) in [6.07, 6.45) is 5.30. The van der Waals surface area contributed by atoms with Gasteiger partial charge in [0.1, 0.15) is 11.5 Å². The number of nitrogens with one attached hydrogen (secondary N) is 1. The molecule has 0 bridgehead atoms. The number of carbonyl (C=O) groups is 1. The van der Waals surface area contributed by atoms with Crippen LogP contribution in [0, 0.1) is 0 Å². The predicted octanol–water partition coefficient (Wildman–Crippen LogP) is 2.78. The second-order valence-electron chi connectivity index (χ2n) is 6.44. The molecule has 1 aromatic heterocycles. The van der Waals surface area contributed by atoms with E-state index in [1.165, 1.54) is 35.9 Å². The minimum absolute atomic E-state index is 0.105. The lowest BCUT2D eigenvalue weighted by Gasteiger charge is -2.20. The first-order chi connectivity index (χ1) is 13.0. The fourth-order valence-corrected chi connectivity index (χ4v) is 4.68. The molecule has 7 nitrogen and oxygen atoms in total. The average molecular weight is 392 g/mol. The summed E-state index contributed by atoms with van der Waals surface area (Å²) in [6, 6.07) is 7.87. The predicted molar refractivity (Wildman–Crippen MR) is 100 cm³/mol. The Hall–Kier alpha value is -2.32. The van der Waals surface area contributed by atoms with Crippen LogP contribution in [0.4, 0.5) is 0 Å². The Morgan fingerprint density at radius 2 is 1.93 bits per heavy atom. The molecule has 3 rings (SSSR count). The van der Waals surface area contributed by atoms with Crippen LogP contribution >= 0.6 is 0 Å². The molecule has 1 N–H and O–H groups in total. The van der Waals surface area contributed by atoms with Crippen LogP contribution in [0.3, 0.4) is 0 Å². The van der Waals surface area contributed by atoms with Crippen molar-refractivity contribution in [2.45, 2.75) is 37.1 Å². The Balaban J connectivity index is 1.84. The average Bonchev–Trinajstić information content (AvgIpc) is 3.04. The number of nitrogens with zero attached hydrogens (tertiary/aromatic N) is 1. The van der Waals surface area contributed by atoms with Crippen LogP contribution in [-0.4, -0.2) is 38.8 Å². The lowest BCUT2D eigenvalue weighted by molar-refractivity contribution is 0.0944. The van der Waals surface area contributed by atoms with Gasteiger partial charge in [0.05, 0.1) is 30.4 Å². The molecule has 0 spiro atoms. The molecule has 8 heteroatoms. The van der Waals surface area contributed by atoms with Crippen molar-refractivity contribution < 1.29 is 22.4 Å². The molecular weight excluding hydrogens is 368 g/mol. The van der Waals surface area contributed by atoms with E-state index in [-0.39, 0.29) is 17.0 Å². The zero-order chi connectivity index (χ0) is 19.3. The third-order valence-corrected chi connectivity index (χ3v) is 6.52. The number of benzene rings is 1. The van der Waals surface area contributed by atoms with E-state index in [2.05, 4.69) is 5.32 Å². The molecule has 146 valence electrons. The van der Waals surface area contributed by atoms with E-state index in [1.54, 1.807) is 12.1 Å². The molecule has 0 atom stereocenters. The Kier molecular flexibility index (Phi) is 6.18. The molecule has 2 aromatic rings. The number of ether oxygens (including phenoxy) is 1. The second kappa shape index (κ2) is 8.58. The minimum Gasteiger partial charge on any atom is -0.496 e. The van der Waals surface area contributed by atoms with Crippen LogP contribution in [-0.2, 0) is 16.6 Å². The van der Waals surface area contributed by atoms with E-state index in [9.17, 15) is 13.2 Å². The Labute approximate surface area is 159 Å². The van der Waals surface area contributed by atoms with Crippen LogP contribution in [0.15, 0.2) is 45.9 Å². The van der Waals surface area contributed by atoms with Crippen molar-refractivity contribution in [2.75, 3.05) is 20.2 Å². The van der Waals surface area contributed by atoms with E-state index in [1.807, 2.05) is 0 Å². The van der Waals surface area contributed by atoms with Gasteiger partial charge in [-0.25, -0.2) is 8.42 Å². The van der Waals surface area contributed by atoms with Gasteiger partial charge in [0, 0.05) is 13.1 Å². The van der Waals surface area contributed by atoms with Crippen molar-refractivity contribution in [3.8, 4) is 5.75 Å². The van der Waals surface area contributed by atoms with Crippen molar-refractivity contribution in [1.29, 1.82) is 0 Å². The maximum absolute atomic E-state index is 13.0. The monoisotopic (exact) mass is 392 g/mol. The van der Waals surface area contributed by atoms with E-state index in [0.29, 0.717) is 24.6 Å². The maximum Gasteiger partial charge on any atom is 0.255 e. The number of methoxy groups -OCH3 is 1. The number of amides is 1. The molecule has 1 aromatic carbocycles. The summed E-state index contributed by atoms with van der Waals surface area (Å²) < 4.78 is 37.9. The summed E-state index contributed by atoms with van der Waals surface area (Å²) >= 11 is 0. The molecule has 0 radical (unpaired) electrons. The molecule has 1 aliphatic heterocycles. The summed E-state index contributed by atoms with van der Waals surface area (Å²) in [7, 11) is -2.20. The SMILES string of the molecule is COc1ccc(S(=O)(=O)N2CCCCCC2)cc1C(=O)NCc1ccco1. The van der Waals surface area contributed by atoms with Gasteiger partial charge in [-0.3, -0.25) is 4.79 Å². The van der Waals surface area contributed by atoms with Gasteiger partial charge in [0.15, 0.2) is 0 Å². The first-order valence-corrected chi connectivity index (χ1v) is 10.4. The summed E-state index contributed by atoms with van der Waals surface area (Å²) in [5.41, 5.74) is 0.181. The lowest BCUT2D eigenvalue weighted by atomic mass is 10.2. The second-order valence-corrected chi connectivity index (χ2v) is 8.38. The van der Waals surface area contributed by atoms with Gasteiger partial charge in [-0.05, 0) is 43.2 Å². The van der Waals surface area contributed by atoms with Crippen molar-refractivity contribution in [3.05, 3.63) is 47.9 Å².